The van der Waals surface area contributed by atoms with Crippen molar-refractivity contribution < 1.29 is 4.74 Å². The molecule has 0 radical (unpaired) electrons. The number of halogens is 3. The first-order chi connectivity index (χ1) is 9.97. The van der Waals surface area contributed by atoms with Gasteiger partial charge in [0.05, 0.1) is 7.11 Å². The number of rotatable bonds is 5. The van der Waals surface area contributed by atoms with Crippen molar-refractivity contribution in [1.82, 2.24) is 9.88 Å². The maximum atomic E-state index is 6.04. The molecular weight excluding hydrogens is 331 g/mol. The van der Waals surface area contributed by atoms with Crippen LogP contribution in [-0.4, -0.2) is 24.0 Å². The second-order valence-corrected chi connectivity index (χ2v) is 5.96. The molecule has 1 aromatic carbocycles. The van der Waals surface area contributed by atoms with E-state index < -0.39 is 0 Å². The summed E-state index contributed by atoms with van der Waals surface area (Å²) in [6.07, 6.45) is 0. The van der Waals surface area contributed by atoms with E-state index in [1.807, 2.05) is 25.2 Å². The largest absolute Gasteiger partial charge is 0.496 e. The molecule has 0 aliphatic rings. The van der Waals surface area contributed by atoms with Gasteiger partial charge in [0, 0.05) is 23.7 Å². The Bertz CT molecular complexity index is 614. The molecule has 0 amide bonds. The van der Waals surface area contributed by atoms with Crippen LogP contribution in [0.3, 0.4) is 0 Å². The molecule has 3 nitrogen and oxygen atoms in total. The Hall–Kier alpha value is -1.00. The van der Waals surface area contributed by atoms with Crippen LogP contribution in [-0.2, 0) is 13.1 Å². The van der Waals surface area contributed by atoms with E-state index in [2.05, 4.69) is 9.88 Å². The Labute approximate surface area is 139 Å². The zero-order chi connectivity index (χ0) is 15.4. The predicted octanol–water partition coefficient (Wildman–Crippen LogP) is 4.68. The van der Waals surface area contributed by atoms with E-state index in [1.165, 1.54) is 0 Å². The molecule has 0 fully saturated rings. The second-order valence-electron chi connectivity index (χ2n) is 4.75. The predicted molar refractivity (Wildman–Crippen MR) is 87.4 cm³/mol. The van der Waals surface area contributed by atoms with Crippen molar-refractivity contribution in [2.45, 2.75) is 13.1 Å². The molecule has 2 rings (SSSR count). The number of methoxy groups -OCH3 is 1. The van der Waals surface area contributed by atoms with Gasteiger partial charge in [0.2, 0.25) is 0 Å². The molecular formula is C15H15Cl3N2O. The van der Waals surface area contributed by atoms with E-state index in [0.29, 0.717) is 28.4 Å². The summed E-state index contributed by atoms with van der Waals surface area (Å²) in [6, 6.07) is 9.19. The minimum absolute atomic E-state index is 0.395. The molecule has 0 bridgehead atoms. The first-order valence-electron chi connectivity index (χ1n) is 6.31. The Morgan fingerprint density at radius 2 is 1.71 bits per heavy atom. The molecule has 0 saturated carbocycles. The van der Waals surface area contributed by atoms with Crippen molar-refractivity contribution in [2.24, 2.45) is 0 Å². The summed E-state index contributed by atoms with van der Waals surface area (Å²) in [5.74, 6) is 0.817. The van der Waals surface area contributed by atoms with E-state index in [-0.39, 0.29) is 0 Å². The van der Waals surface area contributed by atoms with Crippen LogP contribution in [0.1, 0.15) is 11.1 Å². The van der Waals surface area contributed by atoms with Gasteiger partial charge in [-0.05, 0) is 42.9 Å². The van der Waals surface area contributed by atoms with Gasteiger partial charge in [-0.2, -0.15) is 0 Å². The second kappa shape index (κ2) is 7.32. The van der Waals surface area contributed by atoms with Crippen LogP contribution in [0.25, 0.3) is 0 Å². The van der Waals surface area contributed by atoms with Crippen molar-refractivity contribution >= 4 is 34.8 Å². The van der Waals surface area contributed by atoms with E-state index in [9.17, 15) is 0 Å². The minimum Gasteiger partial charge on any atom is -0.496 e. The highest BCUT2D eigenvalue weighted by atomic mass is 35.5. The molecule has 21 heavy (non-hydrogen) atoms. The normalized spacial score (nSPS) is 11.0. The van der Waals surface area contributed by atoms with Crippen LogP contribution in [0.2, 0.25) is 15.3 Å². The molecule has 1 aromatic heterocycles. The third-order valence-electron chi connectivity index (χ3n) is 2.96. The molecule has 2 aromatic rings. The third kappa shape index (κ3) is 4.75. The smallest absolute Gasteiger partial charge is 0.131 e. The number of nitrogens with zero attached hydrogens (tertiary/aromatic N) is 2. The highest BCUT2D eigenvalue weighted by Gasteiger charge is 2.09. The van der Waals surface area contributed by atoms with Crippen LogP contribution in [0, 0.1) is 0 Å². The Morgan fingerprint density at radius 3 is 2.33 bits per heavy atom. The van der Waals surface area contributed by atoms with Crippen LogP contribution in [0.4, 0.5) is 0 Å². The summed E-state index contributed by atoms with van der Waals surface area (Å²) in [5, 5.41) is 1.48. The van der Waals surface area contributed by atoms with Crippen LogP contribution < -0.4 is 4.74 Å². The highest BCUT2D eigenvalue weighted by molar-refractivity contribution is 6.32. The molecule has 0 aliphatic carbocycles. The maximum absolute atomic E-state index is 6.04. The topological polar surface area (TPSA) is 25.4 Å². The summed E-state index contributed by atoms with van der Waals surface area (Å²) in [4.78, 5) is 6.06. The quantitative estimate of drug-likeness (QED) is 0.736. The molecule has 0 N–H and O–H groups in total. The summed E-state index contributed by atoms with van der Waals surface area (Å²) >= 11 is 17.9. The van der Waals surface area contributed by atoms with Gasteiger partial charge >= 0.3 is 0 Å². The zero-order valence-electron chi connectivity index (χ0n) is 11.7. The number of ether oxygens (including phenoxy) is 1. The zero-order valence-corrected chi connectivity index (χ0v) is 14.0. The van der Waals surface area contributed by atoms with Gasteiger partial charge in [-0.1, -0.05) is 34.8 Å². The number of benzene rings is 1. The maximum Gasteiger partial charge on any atom is 0.131 e. The summed E-state index contributed by atoms with van der Waals surface area (Å²) in [5.41, 5.74) is 2.03. The minimum atomic E-state index is 0.395. The monoisotopic (exact) mass is 344 g/mol. The molecule has 0 aliphatic heterocycles. The molecule has 6 heteroatoms. The van der Waals surface area contributed by atoms with Gasteiger partial charge in [-0.3, -0.25) is 4.90 Å². The lowest BCUT2D eigenvalue weighted by molar-refractivity contribution is 0.310. The van der Waals surface area contributed by atoms with Crippen molar-refractivity contribution in [3.63, 3.8) is 0 Å². The Kier molecular flexibility index (Phi) is 5.71. The first kappa shape index (κ1) is 16.4. The third-order valence-corrected chi connectivity index (χ3v) is 3.58. The van der Waals surface area contributed by atoms with Crippen LogP contribution >= 0.6 is 34.8 Å². The standard InChI is InChI=1S/C15H15Cl3N2O/c1-20(8-10-5-14(17)19-15(18)6-10)9-11-7-12(16)3-4-13(11)21-2/h3-7H,8-9H2,1-2H3. The lowest BCUT2D eigenvalue weighted by Crippen LogP contribution is -2.17. The first-order valence-corrected chi connectivity index (χ1v) is 7.44. The van der Waals surface area contributed by atoms with E-state index in [4.69, 9.17) is 39.5 Å². The van der Waals surface area contributed by atoms with Gasteiger partial charge in [-0.25, -0.2) is 4.98 Å². The number of pyridine rings is 1. The molecule has 0 saturated heterocycles. The Morgan fingerprint density at radius 1 is 1.05 bits per heavy atom. The van der Waals surface area contributed by atoms with Gasteiger partial charge in [-0.15, -0.1) is 0 Å². The number of hydrogen-bond acceptors (Lipinski definition) is 3. The van der Waals surface area contributed by atoms with Crippen LogP contribution in [0.5, 0.6) is 5.75 Å². The lowest BCUT2D eigenvalue weighted by atomic mass is 10.1. The fraction of sp³-hybridized carbons (Fsp3) is 0.267. The molecule has 0 unspecified atom stereocenters. The van der Waals surface area contributed by atoms with E-state index in [0.717, 1.165) is 16.9 Å². The van der Waals surface area contributed by atoms with Gasteiger partial charge in [0.25, 0.3) is 0 Å². The van der Waals surface area contributed by atoms with Crippen molar-refractivity contribution in [1.29, 1.82) is 0 Å². The fourth-order valence-corrected chi connectivity index (χ4v) is 2.83. The van der Waals surface area contributed by atoms with Gasteiger partial charge in [0.1, 0.15) is 16.1 Å². The molecule has 1 heterocycles. The van der Waals surface area contributed by atoms with Crippen LogP contribution in [0.15, 0.2) is 30.3 Å². The summed E-state index contributed by atoms with van der Waals surface area (Å²) in [6.45, 7) is 1.39. The molecule has 112 valence electrons. The average molecular weight is 346 g/mol. The Balaban J connectivity index is 2.11. The lowest BCUT2D eigenvalue weighted by Gasteiger charge is -2.19. The van der Waals surface area contributed by atoms with Crippen molar-refractivity contribution in [3.8, 4) is 5.75 Å². The van der Waals surface area contributed by atoms with E-state index in [1.54, 1.807) is 19.2 Å². The highest BCUT2D eigenvalue weighted by Crippen LogP contribution is 2.24. The van der Waals surface area contributed by atoms with Crippen molar-refractivity contribution in [2.75, 3.05) is 14.2 Å². The number of aromatic nitrogens is 1. The summed E-state index contributed by atoms with van der Waals surface area (Å²) < 4.78 is 5.35. The summed E-state index contributed by atoms with van der Waals surface area (Å²) in [7, 11) is 3.65. The van der Waals surface area contributed by atoms with Crippen molar-refractivity contribution in [3.05, 3.63) is 56.8 Å². The van der Waals surface area contributed by atoms with E-state index >= 15 is 0 Å². The number of hydrogen-bond donors (Lipinski definition) is 0. The van der Waals surface area contributed by atoms with Gasteiger partial charge < -0.3 is 4.74 Å². The molecule has 0 atom stereocenters. The molecule has 0 spiro atoms. The fourth-order valence-electron chi connectivity index (χ4n) is 2.13. The van der Waals surface area contributed by atoms with Gasteiger partial charge in [0.15, 0.2) is 0 Å². The average Bonchev–Trinajstić information content (AvgIpc) is 2.37. The SMILES string of the molecule is COc1ccc(Cl)cc1CN(C)Cc1cc(Cl)nc(Cl)c1.